The Labute approximate surface area is 167 Å². The van der Waals surface area contributed by atoms with Gasteiger partial charge >= 0.3 is 6.01 Å². The van der Waals surface area contributed by atoms with Crippen molar-refractivity contribution in [2.24, 2.45) is 0 Å². The Bertz CT molecular complexity index is 1010. The van der Waals surface area contributed by atoms with E-state index in [9.17, 15) is 9.18 Å². The van der Waals surface area contributed by atoms with E-state index in [0.29, 0.717) is 56.0 Å². The maximum Gasteiger partial charge on any atom is 0.318 e. The average Bonchev–Trinajstić information content (AvgIpc) is 3.35. The van der Waals surface area contributed by atoms with E-state index in [1.807, 2.05) is 11.8 Å². The molecule has 0 radical (unpaired) electrons. The van der Waals surface area contributed by atoms with Crippen molar-refractivity contribution in [2.75, 3.05) is 31.1 Å². The standard InChI is InChI=1S/C20H22FN5O3/c1-3-17-23-24-20(29-17)26-10-8-25(9-11-26)18(27)12-16-13(2)28-19(22-16)14-6-4-5-7-15(14)21/h4-7H,3,8-12H2,1-2H3. The summed E-state index contributed by atoms with van der Waals surface area (Å²) >= 11 is 0. The molecule has 1 amide bonds. The largest absolute Gasteiger partial charge is 0.441 e. The molecule has 1 aliphatic rings. The SMILES string of the molecule is CCc1nnc(N2CCN(C(=O)Cc3nc(-c4ccccc4F)oc3C)CC2)o1. The lowest BCUT2D eigenvalue weighted by molar-refractivity contribution is -0.130. The van der Waals surface area contributed by atoms with Gasteiger partial charge in [-0.3, -0.25) is 4.79 Å². The summed E-state index contributed by atoms with van der Waals surface area (Å²) in [4.78, 5) is 20.8. The van der Waals surface area contributed by atoms with Crippen molar-refractivity contribution in [3.8, 4) is 11.5 Å². The van der Waals surface area contributed by atoms with Crippen LogP contribution in [-0.4, -0.2) is 52.2 Å². The number of hydrogen-bond acceptors (Lipinski definition) is 7. The molecule has 8 nitrogen and oxygen atoms in total. The molecule has 3 aromatic rings. The highest BCUT2D eigenvalue weighted by atomic mass is 19.1. The molecule has 3 heterocycles. The fourth-order valence-electron chi connectivity index (χ4n) is 3.26. The molecule has 1 aliphatic heterocycles. The predicted molar refractivity (Wildman–Crippen MR) is 103 cm³/mol. The molecule has 0 atom stereocenters. The number of benzene rings is 1. The van der Waals surface area contributed by atoms with Crippen LogP contribution in [0.2, 0.25) is 0 Å². The summed E-state index contributed by atoms with van der Waals surface area (Å²) in [5.41, 5.74) is 0.814. The van der Waals surface area contributed by atoms with E-state index in [0.717, 1.165) is 0 Å². The third-order valence-electron chi connectivity index (χ3n) is 4.98. The molecule has 152 valence electrons. The first kappa shape index (κ1) is 19.1. The second kappa shape index (κ2) is 8.02. The molecule has 0 saturated carbocycles. The second-order valence-corrected chi connectivity index (χ2v) is 6.88. The quantitative estimate of drug-likeness (QED) is 0.652. The van der Waals surface area contributed by atoms with Gasteiger partial charge in [0.1, 0.15) is 11.6 Å². The van der Waals surface area contributed by atoms with Crippen molar-refractivity contribution in [1.82, 2.24) is 20.1 Å². The topological polar surface area (TPSA) is 88.5 Å². The highest BCUT2D eigenvalue weighted by molar-refractivity contribution is 5.79. The lowest BCUT2D eigenvalue weighted by Crippen LogP contribution is -2.49. The number of anilines is 1. The van der Waals surface area contributed by atoms with Crippen LogP contribution in [0.3, 0.4) is 0 Å². The molecule has 0 spiro atoms. The molecule has 9 heteroatoms. The van der Waals surface area contributed by atoms with E-state index in [-0.39, 0.29) is 23.8 Å². The molecule has 0 aliphatic carbocycles. The average molecular weight is 399 g/mol. The number of oxazole rings is 1. The van der Waals surface area contributed by atoms with Gasteiger partial charge in [0.25, 0.3) is 0 Å². The number of aryl methyl sites for hydroxylation is 2. The minimum atomic E-state index is -0.407. The maximum absolute atomic E-state index is 14.0. The van der Waals surface area contributed by atoms with Gasteiger partial charge < -0.3 is 18.6 Å². The third kappa shape index (κ3) is 3.98. The zero-order valence-corrected chi connectivity index (χ0v) is 16.4. The Morgan fingerprint density at radius 1 is 1.14 bits per heavy atom. The second-order valence-electron chi connectivity index (χ2n) is 6.88. The van der Waals surface area contributed by atoms with Gasteiger partial charge in [0.15, 0.2) is 0 Å². The highest BCUT2D eigenvalue weighted by Gasteiger charge is 2.26. The van der Waals surface area contributed by atoms with Crippen molar-refractivity contribution in [1.29, 1.82) is 0 Å². The van der Waals surface area contributed by atoms with Gasteiger partial charge in [0, 0.05) is 32.6 Å². The van der Waals surface area contributed by atoms with E-state index < -0.39 is 5.82 Å². The van der Waals surface area contributed by atoms with Gasteiger partial charge in [-0.2, -0.15) is 0 Å². The summed E-state index contributed by atoms with van der Waals surface area (Å²) in [5, 5.41) is 8.03. The normalized spacial score (nSPS) is 14.4. The van der Waals surface area contributed by atoms with E-state index in [1.54, 1.807) is 30.0 Å². The van der Waals surface area contributed by atoms with Gasteiger partial charge in [-0.1, -0.05) is 24.2 Å². The Morgan fingerprint density at radius 3 is 2.59 bits per heavy atom. The lowest BCUT2D eigenvalue weighted by Gasteiger charge is -2.33. The number of carbonyl (C=O) groups is 1. The lowest BCUT2D eigenvalue weighted by atomic mass is 10.2. The fraction of sp³-hybridized carbons (Fsp3) is 0.400. The van der Waals surface area contributed by atoms with Gasteiger partial charge in [-0.25, -0.2) is 9.37 Å². The number of carbonyl (C=O) groups excluding carboxylic acids is 1. The van der Waals surface area contributed by atoms with E-state index in [2.05, 4.69) is 15.2 Å². The summed E-state index contributed by atoms with van der Waals surface area (Å²) in [7, 11) is 0. The summed E-state index contributed by atoms with van der Waals surface area (Å²) in [6, 6.07) is 6.78. The van der Waals surface area contributed by atoms with Gasteiger partial charge in [-0.05, 0) is 19.1 Å². The van der Waals surface area contributed by atoms with Gasteiger partial charge in [0.2, 0.25) is 17.7 Å². The number of halogens is 1. The molecule has 4 rings (SSSR count). The number of rotatable bonds is 5. The van der Waals surface area contributed by atoms with Crippen LogP contribution >= 0.6 is 0 Å². The van der Waals surface area contributed by atoms with E-state index >= 15 is 0 Å². The summed E-state index contributed by atoms with van der Waals surface area (Å²) in [5.74, 6) is 0.867. The number of piperazine rings is 1. The van der Waals surface area contributed by atoms with Crippen LogP contribution in [0.15, 0.2) is 33.1 Å². The van der Waals surface area contributed by atoms with Crippen molar-refractivity contribution in [2.45, 2.75) is 26.7 Å². The van der Waals surface area contributed by atoms with Crippen molar-refractivity contribution in [3.63, 3.8) is 0 Å². The van der Waals surface area contributed by atoms with Crippen LogP contribution in [0, 0.1) is 12.7 Å². The molecule has 1 saturated heterocycles. The highest BCUT2D eigenvalue weighted by Crippen LogP contribution is 2.25. The minimum absolute atomic E-state index is 0.0408. The third-order valence-corrected chi connectivity index (χ3v) is 4.98. The van der Waals surface area contributed by atoms with Crippen molar-refractivity contribution in [3.05, 3.63) is 47.4 Å². The molecule has 0 N–H and O–H groups in total. The molecule has 0 bridgehead atoms. The Hall–Kier alpha value is -3.23. The van der Waals surface area contributed by atoms with Crippen LogP contribution in [0.4, 0.5) is 10.4 Å². The van der Waals surface area contributed by atoms with Crippen LogP contribution in [0.1, 0.15) is 24.3 Å². The first-order valence-corrected chi connectivity index (χ1v) is 9.61. The zero-order chi connectivity index (χ0) is 20.4. The minimum Gasteiger partial charge on any atom is -0.441 e. The molecule has 29 heavy (non-hydrogen) atoms. The first-order chi connectivity index (χ1) is 14.0. The van der Waals surface area contributed by atoms with Crippen molar-refractivity contribution >= 4 is 11.9 Å². The molecule has 1 fully saturated rings. The molecule has 1 aromatic carbocycles. The molecular weight excluding hydrogens is 377 g/mol. The monoisotopic (exact) mass is 399 g/mol. The van der Waals surface area contributed by atoms with E-state index in [4.69, 9.17) is 8.83 Å². The van der Waals surface area contributed by atoms with Gasteiger partial charge in [0.05, 0.1) is 17.7 Å². The van der Waals surface area contributed by atoms with Crippen LogP contribution in [-0.2, 0) is 17.6 Å². The smallest absolute Gasteiger partial charge is 0.318 e. The van der Waals surface area contributed by atoms with Crippen molar-refractivity contribution < 1.29 is 18.0 Å². The molecular formula is C20H22FN5O3. The predicted octanol–water partition coefficient (Wildman–Crippen LogP) is 2.63. The Balaban J connectivity index is 1.38. The number of amides is 1. The first-order valence-electron chi connectivity index (χ1n) is 9.61. The Morgan fingerprint density at radius 2 is 1.90 bits per heavy atom. The number of nitrogens with zero attached hydrogens (tertiary/aromatic N) is 5. The zero-order valence-electron chi connectivity index (χ0n) is 16.4. The van der Waals surface area contributed by atoms with Crippen LogP contribution in [0.5, 0.6) is 0 Å². The summed E-state index contributed by atoms with van der Waals surface area (Å²) in [6.45, 7) is 6.04. The maximum atomic E-state index is 14.0. The Kier molecular flexibility index (Phi) is 5.28. The number of hydrogen-bond donors (Lipinski definition) is 0. The molecule has 2 aromatic heterocycles. The fourth-order valence-corrected chi connectivity index (χ4v) is 3.26. The van der Waals surface area contributed by atoms with E-state index in [1.165, 1.54) is 6.07 Å². The van der Waals surface area contributed by atoms with Crippen LogP contribution < -0.4 is 4.90 Å². The summed E-state index contributed by atoms with van der Waals surface area (Å²) in [6.07, 6.45) is 0.807. The van der Waals surface area contributed by atoms with Gasteiger partial charge in [-0.15, -0.1) is 5.10 Å². The number of aromatic nitrogens is 3. The van der Waals surface area contributed by atoms with Crippen LogP contribution in [0.25, 0.3) is 11.5 Å². The summed E-state index contributed by atoms with van der Waals surface area (Å²) < 4.78 is 25.2. The molecule has 0 unspecified atom stereocenters.